The number of rotatable bonds is 8. The topological polar surface area (TPSA) is 54.3 Å². The van der Waals surface area contributed by atoms with E-state index >= 15 is 0 Å². The average molecular weight is 432 g/mol. The first-order chi connectivity index (χ1) is 15.1. The van der Waals surface area contributed by atoms with Crippen molar-refractivity contribution in [3.05, 3.63) is 95.3 Å². The second kappa shape index (κ2) is 9.68. The lowest BCUT2D eigenvalue weighted by atomic mass is 10.2. The van der Waals surface area contributed by atoms with Crippen LogP contribution in [0.25, 0.3) is 0 Å². The number of thiazole rings is 1. The van der Waals surface area contributed by atoms with Crippen molar-refractivity contribution in [2.24, 2.45) is 0 Å². The number of aromatic nitrogens is 3. The highest BCUT2D eigenvalue weighted by Crippen LogP contribution is 2.29. The van der Waals surface area contributed by atoms with Gasteiger partial charge in [0.25, 0.3) is 0 Å². The molecule has 0 saturated heterocycles. The molecule has 0 fully saturated rings. The van der Waals surface area contributed by atoms with Crippen molar-refractivity contribution in [2.75, 3.05) is 11.9 Å². The second-order valence-electron chi connectivity index (χ2n) is 7.52. The highest BCUT2D eigenvalue weighted by Gasteiger charge is 2.18. The Labute approximate surface area is 186 Å². The van der Waals surface area contributed by atoms with Crippen molar-refractivity contribution in [3.8, 4) is 0 Å². The third kappa shape index (κ3) is 5.45. The fourth-order valence-electron chi connectivity index (χ4n) is 3.46. The van der Waals surface area contributed by atoms with Crippen molar-refractivity contribution in [2.45, 2.75) is 26.6 Å². The van der Waals surface area contributed by atoms with Crippen LogP contribution in [-0.2, 0) is 24.4 Å². The van der Waals surface area contributed by atoms with Gasteiger partial charge in [-0.1, -0.05) is 48.5 Å². The number of benzene rings is 2. The first-order valence-electron chi connectivity index (χ1n) is 10.1. The zero-order chi connectivity index (χ0) is 21.6. The summed E-state index contributed by atoms with van der Waals surface area (Å²) in [4.78, 5) is 20.8. The van der Waals surface area contributed by atoms with Crippen LogP contribution in [0, 0.1) is 0 Å². The molecule has 0 aliphatic heterocycles. The van der Waals surface area contributed by atoms with Crippen LogP contribution in [0.2, 0.25) is 0 Å². The third-order valence-electron chi connectivity index (χ3n) is 4.82. The highest BCUT2D eigenvalue weighted by atomic mass is 32.1. The molecule has 0 atom stereocenters. The van der Waals surface area contributed by atoms with Gasteiger partial charge in [0.05, 0.1) is 24.1 Å². The van der Waals surface area contributed by atoms with Crippen molar-refractivity contribution < 1.29 is 4.79 Å². The second-order valence-corrected chi connectivity index (χ2v) is 8.35. The quantitative estimate of drug-likeness (QED) is 0.406. The number of carbonyl (C=O) groups excluding carboxylic acids is 1. The van der Waals surface area contributed by atoms with Gasteiger partial charge in [0.1, 0.15) is 0 Å². The summed E-state index contributed by atoms with van der Waals surface area (Å²) in [6, 6.07) is 19.9. The number of anilines is 2. The Hall–Kier alpha value is -3.29. The summed E-state index contributed by atoms with van der Waals surface area (Å²) in [6.07, 6.45) is 4.00. The predicted molar refractivity (Wildman–Crippen MR) is 124 cm³/mol. The number of para-hydroxylation sites is 1. The molecule has 0 saturated carbocycles. The van der Waals surface area contributed by atoms with Crippen molar-refractivity contribution in [3.63, 3.8) is 0 Å². The molecule has 2 aromatic heterocycles. The lowest BCUT2D eigenvalue weighted by Crippen LogP contribution is -2.23. The Kier molecular flexibility index (Phi) is 6.54. The molecule has 2 heterocycles. The van der Waals surface area contributed by atoms with Crippen LogP contribution in [0.5, 0.6) is 0 Å². The zero-order valence-corrected chi connectivity index (χ0v) is 18.5. The average Bonchev–Trinajstić information content (AvgIpc) is 3.39. The van der Waals surface area contributed by atoms with Crippen LogP contribution in [0.3, 0.4) is 0 Å². The van der Waals surface area contributed by atoms with Crippen molar-refractivity contribution in [1.29, 1.82) is 0 Å². The number of carbonyl (C=O) groups is 1. The van der Waals surface area contributed by atoms with Crippen LogP contribution < -0.4 is 4.90 Å². The van der Waals surface area contributed by atoms with Gasteiger partial charge in [-0.25, -0.2) is 4.98 Å². The molecule has 0 aliphatic rings. The van der Waals surface area contributed by atoms with Gasteiger partial charge in [-0.2, -0.15) is 5.10 Å². The number of hydrogen-bond donors (Lipinski definition) is 0. The molecule has 0 radical (unpaired) electrons. The Balaban J connectivity index is 1.38. The molecule has 0 aliphatic carbocycles. The molecule has 0 unspecified atom stereocenters. The summed E-state index contributed by atoms with van der Waals surface area (Å²) in [7, 11) is 2.06. The number of nitrogens with zero attached hydrogens (tertiary/aromatic N) is 5. The van der Waals surface area contributed by atoms with Crippen molar-refractivity contribution in [1.82, 2.24) is 19.7 Å². The Morgan fingerprint density at radius 2 is 1.71 bits per heavy atom. The van der Waals surface area contributed by atoms with Gasteiger partial charge < -0.3 is 0 Å². The Morgan fingerprint density at radius 1 is 1.00 bits per heavy atom. The predicted octanol–water partition coefficient (Wildman–Crippen LogP) is 4.70. The van der Waals surface area contributed by atoms with Crippen LogP contribution >= 0.6 is 11.3 Å². The van der Waals surface area contributed by atoms with Gasteiger partial charge >= 0.3 is 0 Å². The van der Waals surface area contributed by atoms with E-state index in [1.807, 2.05) is 64.8 Å². The third-order valence-corrected chi connectivity index (χ3v) is 5.69. The summed E-state index contributed by atoms with van der Waals surface area (Å²) in [5.41, 5.74) is 4.16. The number of hydrogen-bond acceptors (Lipinski definition) is 5. The van der Waals surface area contributed by atoms with Gasteiger partial charge in [0.15, 0.2) is 5.13 Å². The van der Waals surface area contributed by atoms with E-state index in [2.05, 4.69) is 35.4 Å². The zero-order valence-electron chi connectivity index (χ0n) is 17.7. The summed E-state index contributed by atoms with van der Waals surface area (Å²) >= 11 is 1.49. The smallest absolute Gasteiger partial charge is 0.230 e. The van der Waals surface area contributed by atoms with E-state index in [0.29, 0.717) is 11.7 Å². The SMILES string of the molecule is CC(=O)N(c1ccccc1)c1nc(CN(C)Cc2cnn(Cc3ccccc3)c2)cs1. The first kappa shape index (κ1) is 21.0. The molecule has 6 nitrogen and oxygen atoms in total. The molecule has 2 aromatic carbocycles. The molecule has 1 amide bonds. The summed E-state index contributed by atoms with van der Waals surface area (Å²) in [5.74, 6) is -0.0497. The number of amides is 1. The van der Waals surface area contributed by atoms with Gasteiger partial charge in [0, 0.05) is 37.2 Å². The van der Waals surface area contributed by atoms with E-state index in [9.17, 15) is 4.79 Å². The van der Waals surface area contributed by atoms with Crippen LogP contribution in [-0.4, -0.2) is 32.6 Å². The van der Waals surface area contributed by atoms with Gasteiger partial charge in [-0.05, 0) is 24.7 Å². The van der Waals surface area contributed by atoms with Crippen LogP contribution in [0.4, 0.5) is 10.8 Å². The largest absolute Gasteiger partial charge is 0.296 e. The van der Waals surface area contributed by atoms with Crippen LogP contribution in [0.1, 0.15) is 23.7 Å². The highest BCUT2D eigenvalue weighted by molar-refractivity contribution is 7.14. The lowest BCUT2D eigenvalue weighted by Gasteiger charge is -2.18. The Bertz CT molecular complexity index is 1120. The minimum atomic E-state index is -0.0497. The first-order valence-corrected chi connectivity index (χ1v) is 11.0. The van der Waals surface area contributed by atoms with E-state index in [4.69, 9.17) is 4.98 Å². The molecular weight excluding hydrogens is 406 g/mol. The standard InChI is InChI=1S/C24H25N5OS/c1-19(30)29(23-11-7-4-8-12-23)24-26-22(18-31-24)17-27(2)14-21-13-25-28(16-21)15-20-9-5-3-6-10-20/h3-13,16,18H,14-15,17H2,1-2H3. The molecule has 4 aromatic rings. The molecule has 0 bridgehead atoms. The normalized spacial score (nSPS) is 11.1. The molecule has 31 heavy (non-hydrogen) atoms. The maximum atomic E-state index is 12.2. The van der Waals surface area contributed by atoms with Crippen molar-refractivity contribution >= 4 is 28.1 Å². The maximum absolute atomic E-state index is 12.2. The minimum absolute atomic E-state index is 0.0497. The molecule has 7 heteroatoms. The maximum Gasteiger partial charge on any atom is 0.230 e. The summed E-state index contributed by atoms with van der Waals surface area (Å²) in [6.45, 7) is 3.80. The Morgan fingerprint density at radius 3 is 2.42 bits per heavy atom. The summed E-state index contributed by atoms with van der Waals surface area (Å²) in [5, 5.41) is 7.19. The van der Waals surface area contributed by atoms with E-state index in [1.165, 1.54) is 16.9 Å². The lowest BCUT2D eigenvalue weighted by molar-refractivity contribution is -0.115. The molecule has 158 valence electrons. The van der Waals surface area contributed by atoms with E-state index < -0.39 is 0 Å². The minimum Gasteiger partial charge on any atom is -0.296 e. The fraction of sp³-hybridized carbons (Fsp3) is 0.208. The molecular formula is C24H25N5OS. The van der Waals surface area contributed by atoms with Gasteiger partial charge in [-0.15, -0.1) is 11.3 Å². The van der Waals surface area contributed by atoms with E-state index in [1.54, 1.807) is 11.8 Å². The molecule has 0 N–H and O–H groups in total. The van der Waals surface area contributed by atoms with E-state index in [-0.39, 0.29) is 5.91 Å². The van der Waals surface area contributed by atoms with Gasteiger partial charge in [0.2, 0.25) is 5.91 Å². The van der Waals surface area contributed by atoms with E-state index in [0.717, 1.165) is 30.0 Å². The molecule has 4 rings (SSSR count). The monoisotopic (exact) mass is 431 g/mol. The van der Waals surface area contributed by atoms with Gasteiger partial charge in [-0.3, -0.25) is 19.3 Å². The summed E-state index contributed by atoms with van der Waals surface area (Å²) < 4.78 is 1.96. The fourth-order valence-corrected chi connectivity index (χ4v) is 4.34. The van der Waals surface area contributed by atoms with Crippen LogP contribution in [0.15, 0.2) is 78.4 Å². The molecule has 0 spiro atoms.